The lowest BCUT2D eigenvalue weighted by Gasteiger charge is -2.03. The van der Waals surface area contributed by atoms with Gasteiger partial charge in [-0.1, -0.05) is 30.3 Å². The van der Waals surface area contributed by atoms with E-state index in [9.17, 15) is 4.79 Å². The van der Waals surface area contributed by atoms with Crippen LogP contribution in [0.3, 0.4) is 0 Å². The van der Waals surface area contributed by atoms with Gasteiger partial charge in [0.05, 0.1) is 12.7 Å². The molecule has 0 aliphatic rings. The third-order valence-electron chi connectivity index (χ3n) is 3.87. The highest BCUT2D eigenvalue weighted by atomic mass is 16.3. The molecule has 0 fully saturated rings. The summed E-state index contributed by atoms with van der Waals surface area (Å²) in [5.41, 5.74) is 1.68. The Morgan fingerprint density at radius 3 is 2.91 bits per heavy atom. The summed E-state index contributed by atoms with van der Waals surface area (Å²) in [4.78, 5) is 12.3. The van der Waals surface area contributed by atoms with Crippen LogP contribution >= 0.6 is 0 Å². The van der Waals surface area contributed by atoms with Gasteiger partial charge in [-0.05, 0) is 16.8 Å². The zero-order chi connectivity index (χ0) is 15.8. The minimum absolute atomic E-state index is 0.112. The van der Waals surface area contributed by atoms with Crippen molar-refractivity contribution in [3.05, 3.63) is 60.5 Å². The summed E-state index contributed by atoms with van der Waals surface area (Å²) >= 11 is 0. The fraction of sp³-hybridized carbons (Fsp3) is 0.111. The van der Waals surface area contributed by atoms with Gasteiger partial charge >= 0.3 is 0 Å². The molecular formula is C18H15N3O2. The summed E-state index contributed by atoms with van der Waals surface area (Å²) < 4.78 is 7.26. The third kappa shape index (κ3) is 2.46. The molecule has 0 radical (unpaired) electrons. The number of hydrogen-bond donors (Lipinski definition) is 1. The molecule has 0 unspecified atom stereocenters. The van der Waals surface area contributed by atoms with Crippen LogP contribution in [0.2, 0.25) is 0 Å². The first kappa shape index (κ1) is 13.6. The number of anilines is 1. The minimum atomic E-state index is -0.112. The minimum Gasteiger partial charge on any atom is -0.464 e. The summed E-state index contributed by atoms with van der Waals surface area (Å²) in [6, 6.07) is 13.8. The summed E-state index contributed by atoms with van der Waals surface area (Å²) in [5.74, 6) is 0.439. The Morgan fingerprint density at radius 2 is 2.09 bits per heavy atom. The first-order valence-corrected chi connectivity index (χ1v) is 7.38. The molecule has 114 valence electrons. The molecule has 0 aliphatic heterocycles. The number of aryl methyl sites for hydroxylation is 1. The third-order valence-corrected chi connectivity index (χ3v) is 3.87. The largest absolute Gasteiger partial charge is 0.464 e. The maximum atomic E-state index is 12.3. The number of benzene rings is 2. The van der Waals surface area contributed by atoms with Crippen molar-refractivity contribution in [3.63, 3.8) is 0 Å². The van der Waals surface area contributed by atoms with Gasteiger partial charge in [0.1, 0.15) is 5.58 Å². The second-order valence-corrected chi connectivity index (χ2v) is 5.52. The van der Waals surface area contributed by atoms with Crippen LogP contribution in [-0.4, -0.2) is 15.7 Å². The van der Waals surface area contributed by atoms with Crippen molar-refractivity contribution in [3.8, 4) is 0 Å². The molecule has 1 amide bonds. The number of carbonyl (C=O) groups is 1. The zero-order valence-electron chi connectivity index (χ0n) is 12.6. The Labute approximate surface area is 132 Å². The SMILES string of the molecule is Cn1ccc(NC(=O)Cc2coc3ccc4ccccc4c23)n1. The smallest absolute Gasteiger partial charge is 0.230 e. The topological polar surface area (TPSA) is 60.1 Å². The molecule has 5 heteroatoms. The van der Waals surface area contributed by atoms with E-state index in [2.05, 4.69) is 16.5 Å². The van der Waals surface area contributed by atoms with E-state index >= 15 is 0 Å². The standard InChI is InChI=1S/C18H15N3O2/c1-21-9-8-16(20-21)19-17(22)10-13-11-23-15-7-6-12-4-2-3-5-14(12)18(13)15/h2-9,11H,10H2,1H3,(H,19,20,22). The van der Waals surface area contributed by atoms with Crippen molar-refractivity contribution in [2.24, 2.45) is 7.05 Å². The molecule has 4 aromatic rings. The maximum Gasteiger partial charge on any atom is 0.230 e. The van der Waals surface area contributed by atoms with Gasteiger partial charge in [0, 0.05) is 30.3 Å². The second-order valence-electron chi connectivity index (χ2n) is 5.52. The van der Waals surface area contributed by atoms with Gasteiger partial charge in [0.25, 0.3) is 0 Å². The van der Waals surface area contributed by atoms with Crippen LogP contribution in [-0.2, 0) is 18.3 Å². The van der Waals surface area contributed by atoms with Crippen LogP contribution < -0.4 is 5.32 Å². The first-order valence-electron chi connectivity index (χ1n) is 7.38. The van der Waals surface area contributed by atoms with E-state index in [1.165, 1.54) is 0 Å². The Balaban J connectivity index is 1.68. The fourth-order valence-electron chi connectivity index (χ4n) is 2.85. The van der Waals surface area contributed by atoms with Crippen LogP contribution in [0.25, 0.3) is 21.7 Å². The van der Waals surface area contributed by atoms with Gasteiger partial charge in [-0.25, -0.2) is 0 Å². The van der Waals surface area contributed by atoms with E-state index in [0.717, 1.165) is 27.3 Å². The molecule has 0 saturated carbocycles. The molecule has 1 N–H and O–H groups in total. The molecule has 23 heavy (non-hydrogen) atoms. The molecule has 0 aliphatic carbocycles. The van der Waals surface area contributed by atoms with E-state index in [1.807, 2.05) is 37.4 Å². The van der Waals surface area contributed by atoms with Gasteiger partial charge in [-0.3, -0.25) is 9.48 Å². The monoisotopic (exact) mass is 305 g/mol. The summed E-state index contributed by atoms with van der Waals surface area (Å²) in [6.45, 7) is 0. The molecule has 4 rings (SSSR count). The van der Waals surface area contributed by atoms with Gasteiger partial charge in [0.2, 0.25) is 5.91 Å². The lowest BCUT2D eigenvalue weighted by Crippen LogP contribution is -2.14. The van der Waals surface area contributed by atoms with Crippen LogP contribution in [0, 0.1) is 0 Å². The number of nitrogens with one attached hydrogen (secondary N) is 1. The predicted molar refractivity (Wildman–Crippen MR) is 89.3 cm³/mol. The zero-order valence-corrected chi connectivity index (χ0v) is 12.6. The Morgan fingerprint density at radius 1 is 1.22 bits per heavy atom. The molecule has 5 nitrogen and oxygen atoms in total. The Bertz CT molecular complexity index is 1010. The van der Waals surface area contributed by atoms with Crippen molar-refractivity contribution in [1.82, 2.24) is 9.78 Å². The average Bonchev–Trinajstić information content (AvgIpc) is 3.14. The number of fused-ring (bicyclic) bond motifs is 3. The van der Waals surface area contributed by atoms with Gasteiger partial charge in [-0.2, -0.15) is 5.10 Å². The van der Waals surface area contributed by atoms with E-state index in [1.54, 1.807) is 23.2 Å². The lowest BCUT2D eigenvalue weighted by atomic mass is 10.0. The molecular weight excluding hydrogens is 290 g/mol. The first-order chi connectivity index (χ1) is 11.2. The number of furan rings is 1. The Hall–Kier alpha value is -3.08. The normalized spacial score (nSPS) is 11.2. The van der Waals surface area contributed by atoms with Gasteiger partial charge in [0.15, 0.2) is 5.82 Å². The van der Waals surface area contributed by atoms with Gasteiger partial charge < -0.3 is 9.73 Å². The Kier molecular flexibility index (Phi) is 3.12. The number of aromatic nitrogens is 2. The van der Waals surface area contributed by atoms with E-state index in [0.29, 0.717) is 5.82 Å². The van der Waals surface area contributed by atoms with Crippen molar-refractivity contribution < 1.29 is 9.21 Å². The summed E-state index contributed by atoms with van der Waals surface area (Å²) in [7, 11) is 1.81. The van der Waals surface area contributed by atoms with E-state index < -0.39 is 0 Å². The molecule has 2 aromatic carbocycles. The summed E-state index contributed by atoms with van der Waals surface area (Å²) in [5, 5.41) is 10.2. The highest BCUT2D eigenvalue weighted by Crippen LogP contribution is 2.30. The second kappa shape index (κ2) is 5.28. The highest BCUT2D eigenvalue weighted by molar-refractivity contribution is 6.08. The van der Waals surface area contributed by atoms with Crippen LogP contribution in [0.1, 0.15) is 5.56 Å². The number of rotatable bonds is 3. The maximum absolute atomic E-state index is 12.3. The average molecular weight is 305 g/mol. The lowest BCUT2D eigenvalue weighted by molar-refractivity contribution is -0.115. The van der Waals surface area contributed by atoms with Crippen LogP contribution in [0.4, 0.5) is 5.82 Å². The van der Waals surface area contributed by atoms with Crippen molar-refractivity contribution in [1.29, 1.82) is 0 Å². The van der Waals surface area contributed by atoms with Crippen molar-refractivity contribution >= 4 is 33.5 Å². The van der Waals surface area contributed by atoms with E-state index in [4.69, 9.17) is 4.42 Å². The number of amides is 1. The quantitative estimate of drug-likeness (QED) is 0.630. The highest BCUT2D eigenvalue weighted by Gasteiger charge is 2.13. The molecule has 2 aromatic heterocycles. The van der Waals surface area contributed by atoms with Crippen molar-refractivity contribution in [2.75, 3.05) is 5.32 Å². The molecule has 0 atom stereocenters. The van der Waals surface area contributed by atoms with Crippen LogP contribution in [0.5, 0.6) is 0 Å². The number of carbonyl (C=O) groups excluding carboxylic acids is 1. The van der Waals surface area contributed by atoms with Crippen molar-refractivity contribution in [2.45, 2.75) is 6.42 Å². The fourth-order valence-corrected chi connectivity index (χ4v) is 2.85. The molecule has 0 spiro atoms. The molecule has 2 heterocycles. The molecule has 0 saturated heterocycles. The van der Waals surface area contributed by atoms with E-state index in [-0.39, 0.29) is 12.3 Å². The van der Waals surface area contributed by atoms with Gasteiger partial charge in [-0.15, -0.1) is 0 Å². The van der Waals surface area contributed by atoms with Crippen LogP contribution in [0.15, 0.2) is 59.3 Å². The number of hydrogen-bond acceptors (Lipinski definition) is 3. The summed E-state index contributed by atoms with van der Waals surface area (Å²) in [6.07, 6.45) is 3.70. The molecule has 0 bridgehead atoms. The number of nitrogens with zero attached hydrogens (tertiary/aromatic N) is 2. The predicted octanol–water partition coefficient (Wildman–Crippen LogP) is 3.50.